The third-order valence-corrected chi connectivity index (χ3v) is 2.05. The molecule has 0 aliphatic heterocycles. The van der Waals surface area contributed by atoms with E-state index in [9.17, 15) is 18.0 Å². The van der Waals surface area contributed by atoms with Gasteiger partial charge in [-0.25, -0.2) is 4.79 Å². The fraction of sp³-hybridized carbons (Fsp3) is 0.417. The van der Waals surface area contributed by atoms with Crippen molar-refractivity contribution in [3.63, 3.8) is 0 Å². The minimum atomic E-state index is -4.32. The number of halogens is 3. The molecule has 0 radical (unpaired) electrons. The molecule has 0 unspecified atom stereocenters. The normalized spacial score (nSPS) is 11.3. The summed E-state index contributed by atoms with van der Waals surface area (Å²) in [4.78, 5) is 10.7. The zero-order chi connectivity index (χ0) is 14.3. The van der Waals surface area contributed by atoms with Gasteiger partial charge in [0.15, 0.2) is 0 Å². The van der Waals surface area contributed by atoms with Crippen molar-refractivity contribution in [3.05, 3.63) is 29.8 Å². The fourth-order valence-corrected chi connectivity index (χ4v) is 1.26. The number of carboxylic acids is 1. The molecule has 0 heterocycles. The van der Waals surface area contributed by atoms with E-state index in [0.29, 0.717) is 5.75 Å². The SMILES string of the molecule is O=C(O)c1cccc(OCCCOCC(F)(F)F)c1. The number of rotatable bonds is 7. The first kappa shape index (κ1) is 15.3. The van der Waals surface area contributed by atoms with Gasteiger partial charge in [-0.05, 0) is 18.2 Å². The summed E-state index contributed by atoms with van der Waals surface area (Å²) in [6.07, 6.45) is -4.04. The molecule has 0 spiro atoms. The molecule has 19 heavy (non-hydrogen) atoms. The molecule has 0 atom stereocenters. The number of aromatic carboxylic acids is 1. The number of alkyl halides is 3. The van der Waals surface area contributed by atoms with E-state index in [4.69, 9.17) is 9.84 Å². The number of hydrogen-bond acceptors (Lipinski definition) is 3. The van der Waals surface area contributed by atoms with Gasteiger partial charge in [-0.3, -0.25) is 0 Å². The van der Waals surface area contributed by atoms with Crippen molar-refractivity contribution < 1.29 is 32.5 Å². The van der Waals surface area contributed by atoms with Crippen LogP contribution < -0.4 is 4.74 Å². The van der Waals surface area contributed by atoms with Crippen molar-refractivity contribution in [2.45, 2.75) is 12.6 Å². The second-order valence-electron chi connectivity index (χ2n) is 3.70. The minimum absolute atomic E-state index is 0.0713. The van der Waals surface area contributed by atoms with Crippen LogP contribution in [0.2, 0.25) is 0 Å². The van der Waals surface area contributed by atoms with Crippen molar-refractivity contribution in [1.82, 2.24) is 0 Å². The van der Waals surface area contributed by atoms with Gasteiger partial charge in [0, 0.05) is 6.42 Å². The van der Waals surface area contributed by atoms with Gasteiger partial charge in [-0.2, -0.15) is 13.2 Å². The molecule has 1 N–H and O–H groups in total. The Labute approximate surface area is 107 Å². The Hall–Kier alpha value is -1.76. The molecule has 0 saturated carbocycles. The summed E-state index contributed by atoms with van der Waals surface area (Å²) in [6, 6.07) is 5.86. The maximum atomic E-state index is 11.7. The lowest BCUT2D eigenvalue weighted by Crippen LogP contribution is -2.18. The van der Waals surface area contributed by atoms with E-state index in [1.165, 1.54) is 18.2 Å². The predicted molar refractivity (Wildman–Crippen MR) is 60.4 cm³/mol. The summed E-state index contributed by atoms with van der Waals surface area (Å²) in [6.45, 7) is -1.19. The molecule has 1 aromatic carbocycles. The third kappa shape index (κ3) is 6.66. The van der Waals surface area contributed by atoms with Gasteiger partial charge in [0.25, 0.3) is 0 Å². The Bertz CT molecular complexity index is 418. The van der Waals surface area contributed by atoms with Gasteiger partial charge in [0.05, 0.1) is 18.8 Å². The third-order valence-electron chi connectivity index (χ3n) is 2.05. The highest BCUT2D eigenvalue weighted by atomic mass is 19.4. The lowest BCUT2D eigenvalue weighted by Gasteiger charge is -2.09. The average Bonchev–Trinajstić information content (AvgIpc) is 2.32. The van der Waals surface area contributed by atoms with Crippen LogP contribution in [0.5, 0.6) is 5.75 Å². The maximum absolute atomic E-state index is 11.7. The second-order valence-corrected chi connectivity index (χ2v) is 3.70. The van der Waals surface area contributed by atoms with Gasteiger partial charge in [-0.1, -0.05) is 6.07 Å². The Morgan fingerprint density at radius 2 is 2.00 bits per heavy atom. The Morgan fingerprint density at radius 3 is 2.63 bits per heavy atom. The fourth-order valence-electron chi connectivity index (χ4n) is 1.26. The zero-order valence-electron chi connectivity index (χ0n) is 9.94. The molecule has 0 bridgehead atoms. The smallest absolute Gasteiger partial charge is 0.411 e. The first-order valence-electron chi connectivity index (χ1n) is 5.49. The summed E-state index contributed by atoms with van der Waals surface area (Å²) < 4.78 is 44.8. The summed E-state index contributed by atoms with van der Waals surface area (Å²) in [5.74, 6) is -0.713. The molecular formula is C12H13F3O4. The molecule has 106 valence electrons. The van der Waals surface area contributed by atoms with E-state index in [0.717, 1.165) is 0 Å². The van der Waals surface area contributed by atoms with Crippen LogP contribution in [0.1, 0.15) is 16.8 Å². The standard InChI is InChI=1S/C12H13F3O4/c13-12(14,15)8-18-5-2-6-19-10-4-1-3-9(7-10)11(16)17/h1,3-4,7H,2,5-6,8H2,(H,16,17). The number of carbonyl (C=O) groups is 1. The van der Waals surface area contributed by atoms with Gasteiger partial charge >= 0.3 is 12.1 Å². The van der Waals surface area contributed by atoms with Crippen LogP contribution in [0.25, 0.3) is 0 Å². The van der Waals surface area contributed by atoms with Gasteiger partial charge in [-0.15, -0.1) is 0 Å². The van der Waals surface area contributed by atoms with Crippen molar-refractivity contribution in [2.75, 3.05) is 19.8 Å². The average molecular weight is 278 g/mol. The number of hydrogen-bond donors (Lipinski definition) is 1. The molecule has 0 saturated heterocycles. The molecule has 0 aliphatic rings. The van der Waals surface area contributed by atoms with E-state index in [2.05, 4.69) is 4.74 Å². The highest BCUT2D eigenvalue weighted by molar-refractivity contribution is 5.87. The first-order chi connectivity index (χ1) is 8.88. The summed E-state index contributed by atoms with van der Waals surface area (Å²) in [5, 5.41) is 8.74. The Kier molecular flexibility index (Phi) is 5.62. The van der Waals surface area contributed by atoms with E-state index >= 15 is 0 Å². The van der Waals surface area contributed by atoms with Crippen molar-refractivity contribution in [2.24, 2.45) is 0 Å². The Balaban J connectivity index is 2.23. The van der Waals surface area contributed by atoms with Crippen molar-refractivity contribution in [3.8, 4) is 5.75 Å². The van der Waals surface area contributed by atoms with Gasteiger partial charge in [0.2, 0.25) is 0 Å². The molecule has 0 aliphatic carbocycles. The largest absolute Gasteiger partial charge is 0.493 e. The van der Waals surface area contributed by atoms with Crippen LogP contribution >= 0.6 is 0 Å². The van der Waals surface area contributed by atoms with Crippen LogP contribution in [-0.2, 0) is 4.74 Å². The summed E-state index contributed by atoms with van der Waals surface area (Å²) in [7, 11) is 0. The summed E-state index contributed by atoms with van der Waals surface area (Å²) >= 11 is 0. The van der Waals surface area contributed by atoms with Crippen LogP contribution in [0.15, 0.2) is 24.3 Å². The van der Waals surface area contributed by atoms with E-state index in [-0.39, 0.29) is 25.2 Å². The second kappa shape index (κ2) is 6.98. The van der Waals surface area contributed by atoms with Crippen LogP contribution in [-0.4, -0.2) is 37.1 Å². The van der Waals surface area contributed by atoms with Crippen LogP contribution in [0, 0.1) is 0 Å². The first-order valence-corrected chi connectivity index (χ1v) is 5.49. The lowest BCUT2D eigenvalue weighted by atomic mass is 10.2. The molecule has 1 rings (SSSR count). The van der Waals surface area contributed by atoms with Crippen LogP contribution in [0.3, 0.4) is 0 Å². The number of ether oxygens (including phenoxy) is 2. The lowest BCUT2D eigenvalue weighted by molar-refractivity contribution is -0.174. The zero-order valence-corrected chi connectivity index (χ0v) is 9.94. The van der Waals surface area contributed by atoms with Crippen LogP contribution in [0.4, 0.5) is 13.2 Å². The molecule has 0 fully saturated rings. The number of carboxylic acid groups (broad SMARTS) is 1. The maximum Gasteiger partial charge on any atom is 0.411 e. The molecule has 4 nitrogen and oxygen atoms in total. The molecule has 1 aromatic rings. The molecule has 0 amide bonds. The van der Waals surface area contributed by atoms with Gasteiger partial charge in [0.1, 0.15) is 12.4 Å². The van der Waals surface area contributed by atoms with E-state index in [1.54, 1.807) is 6.07 Å². The molecule has 0 aromatic heterocycles. The van der Waals surface area contributed by atoms with E-state index < -0.39 is 18.8 Å². The Morgan fingerprint density at radius 1 is 1.26 bits per heavy atom. The van der Waals surface area contributed by atoms with E-state index in [1.807, 2.05) is 0 Å². The highest BCUT2D eigenvalue weighted by Gasteiger charge is 2.27. The topological polar surface area (TPSA) is 55.8 Å². The summed E-state index contributed by atoms with van der Waals surface area (Å²) in [5.41, 5.74) is 0.0887. The molecule has 7 heteroatoms. The monoisotopic (exact) mass is 278 g/mol. The van der Waals surface area contributed by atoms with Crippen molar-refractivity contribution in [1.29, 1.82) is 0 Å². The molecular weight excluding hydrogens is 265 g/mol. The van der Waals surface area contributed by atoms with Crippen molar-refractivity contribution >= 4 is 5.97 Å². The highest BCUT2D eigenvalue weighted by Crippen LogP contribution is 2.15. The van der Waals surface area contributed by atoms with Gasteiger partial charge < -0.3 is 14.6 Å². The predicted octanol–water partition coefficient (Wildman–Crippen LogP) is 2.73. The quantitative estimate of drug-likeness (QED) is 0.779. The number of benzene rings is 1. The minimum Gasteiger partial charge on any atom is -0.493 e.